The van der Waals surface area contributed by atoms with E-state index in [0.717, 1.165) is 25.0 Å². The predicted molar refractivity (Wildman–Crippen MR) is 88.0 cm³/mol. The summed E-state index contributed by atoms with van der Waals surface area (Å²) >= 11 is 0. The Hall–Kier alpha value is -1.94. The molecule has 2 aromatic rings. The van der Waals surface area contributed by atoms with Crippen molar-refractivity contribution in [3.05, 3.63) is 54.4 Å². The van der Waals surface area contributed by atoms with Crippen LogP contribution in [-0.4, -0.2) is 35.1 Å². The van der Waals surface area contributed by atoms with Crippen molar-refractivity contribution in [2.24, 2.45) is 0 Å². The summed E-state index contributed by atoms with van der Waals surface area (Å²) in [4.78, 5) is 11.0. The third-order valence-electron chi connectivity index (χ3n) is 4.80. The van der Waals surface area contributed by atoms with Crippen LogP contribution in [0.5, 0.6) is 0 Å². The average Bonchev–Trinajstić information content (AvgIpc) is 3.36. The Morgan fingerprint density at radius 2 is 1.68 bits per heavy atom. The molecule has 0 spiro atoms. The summed E-state index contributed by atoms with van der Waals surface area (Å²) < 4.78 is 0. The van der Waals surface area contributed by atoms with E-state index in [9.17, 15) is 0 Å². The second-order valence-corrected chi connectivity index (χ2v) is 6.34. The number of nitrogens with zero attached hydrogens (tertiary/aromatic N) is 3. The first kappa shape index (κ1) is 13.7. The SMILES string of the molecule is c1ccc(C2CC2NC2CCN(c3ncccn3)CC2)cc1. The Labute approximate surface area is 131 Å². The Kier molecular flexibility index (Phi) is 3.77. The highest BCUT2D eigenvalue weighted by atomic mass is 15.3. The summed E-state index contributed by atoms with van der Waals surface area (Å²) in [5.74, 6) is 1.59. The van der Waals surface area contributed by atoms with Crippen LogP contribution < -0.4 is 10.2 Å². The first-order valence-corrected chi connectivity index (χ1v) is 8.23. The molecule has 2 atom stereocenters. The summed E-state index contributed by atoms with van der Waals surface area (Å²) in [5, 5.41) is 3.85. The minimum absolute atomic E-state index is 0.638. The summed E-state index contributed by atoms with van der Waals surface area (Å²) in [6.07, 6.45) is 7.28. The van der Waals surface area contributed by atoms with Crippen molar-refractivity contribution in [3.63, 3.8) is 0 Å². The quantitative estimate of drug-likeness (QED) is 0.941. The van der Waals surface area contributed by atoms with Crippen molar-refractivity contribution in [3.8, 4) is 0 Å². The lowest BCUT2D eigenvalue weighted by molar-refractivity contribution is 0.407. The van der Waals surface area contributed by atoms with Crippen LogP contribution in [0.25, 0.3) is 0 Å². The van der Waals surface area contributed by atoms with Gasteiger partial charge in [-0.2, -0.15) is 0 Å². The van der Waals surface area contributed by atoms with Crippen molar-refractivity contribution in [2.75, 3.05) is 18.0 Å². The van der Waals surface area contributed by atoms with Crippen molar-refractivity contribution in [1.82, 2.24) is 15.3 Å². The number of anilines is 1. The molecule has 1 N–H and O–H groups in total. The number of nitrogens with one attached hydrogen (secondary N) is 1. The molecule has 4 heteroatoms. The third-order valence-corrected chi connectivity index (χ3v) is 4.80. The summed E-state index contributed by atoms with van der Waals surface area (Å²) in [7, 11) is 0. The van der Waals surface area contributed by atoms with Crippen LogP contribution in [0.15, 0.2) is 48.8 Å². The molecule has 1 aromatic heterocycles. The van der Waals surface area contributed by atoms with Gasteiger partial charge in [0, 0.05) is 43.5 Å². The fourth-order valence-electron chi connectivity index (χ4n) is 3.45. The van der Waals surface area contributed by atoms with Crippen LogP contribution in [0.3, 0.4) is 0 Å². The highest BCUT2D eigenvalue weighted by Crippen LogP contribution is 2.41. The fourth-order valence-corrected chi connectivity index (χ4v) is 3.45. The maximum absolute atomic E-state index is 4.35. The standard InChI is InChI=1S/C18H22N4/c1-2-5-14(6-3-1)16-13-17(16)21-15-7-11-22(12-8-15)18-19-9-4-10-20-18/h1-6,9-10,15-17,21H,7-8,11-13H2. The molecular formula is C18H22N4. The van der Waals surface area contributed by atoms with Crippen LogP contribution in [-0.2, 0) is 0 Å². The van der Waals surface area contributed by atoms with E-state index in [1.54, 1.807) is 0 Å². The number of hydrogen-bond donors (Lipinski definition) is 1. The van der Waals surface area contributed by atoms with Crippen LogP contribution in [0.1, 0.15) is 30.7 Å². The molecule has 114 valence electrons. The second-order valence-electron chi connectivity index (χ2n) is 6.34. The maximum atomic E-state index is 4.35. The lowest BCUT2D eigenvalue weighted by Gasteiger charge is -2.32. The molecule has 2 unspecified atom stereocenters. The van der Waals surface area contributed by atoms with Gasteiger partial charge in [0.2, 0.25) is 5.95 Å². The topological polar surface area (TPSA) is 41.0 Å². The number of piperidine rings is 1. The number of benzene rings is 1. The van der Waals surface area contributed by atoms with Gasteiger partial charge in [-0.3, -0.25) is 0 Å². The van der Waals surface area contributed by atoms with Gasteiger partial charge in [0.15, 0.2) is 0 Å². The molecule has 4 rings (SSSR count). The van der Waals surface area contributed by atoms with E-state index in [4.69, 9.17) is 0 Å². The Morgan fingerprint density at radius 3 is 2.41 bits per heavy atom. The van der Waals surface area contributed by atoms with E-state index in [-0.39, 0.29) is 0 Å². The first-order chi connectivity index (χ1) is 10.9. The number of aromatic nitrogens is 2. The lowest BCUT2D eigenvalue weighted by atomic mass is 10.0. The van der Waals surface area contributed by atoms with Crippen LogP contribution in [0.2, 0.25) is 0 Å². The van der Waals surface area contributed by atoms with E-state index in [1.165, 1.54) is 24.8 Å². The molecule has 1 aliphatic carbocycles. The molecule has 0 radical (unpaired) electrons. The van der Waals surface area contributed by atoms with E-state index < -0.39 is 0 Å². The molecule has 1 aliphatic heterocycles. The van der Waals surface area contributed by atoms with Gasteiger partial charge in [-0.05, 0) is 30.9 Å². The van der Waals surface area contributed by atoms with E-state index in [1.807, 2.05) is 18.5 Å². The molecule has 2 fully saturated rings. The molecule has 0 amide bonds. The van der Waals surface area contributed by atoms with Crippen molar-refractivity contribution in [2.45, 2.75) is 37.3 Å². The Bertz CT molecular complexity index is 593. The summed E-state index contributed by atoms with van der Waals surface area (Å²) in [6.45, 7) is 2.09. The first-order valence-electron chi connectivity index (χ1n) is 8.23. The summed E-state index contributed by atoms with van der Waals surface area (Å²) in [5.41, 5.74) is 1.48. The normalized spacial score (nSPS) is 25.2. The van der Waals surface area contributed by atoms with Crippen LogP contribution in [0, 0.1) is 0 Å². The van der Waals surface area contributed by atoms with Crippen molar-refractivity contribution >= 4 is 5.95 Å². The molecular weight excluding hydrogens is 272 g/mol. The van der Waals surface area contributed by atoms with Crippen LogP contribution >= 0.6 is 0 Å². The maximum Gasteiger partial charge on any atom is 0.225 e. The van der Waals surface area contributed by atoms with Crippen LogP contribution in [0.4, 0.5) is 5.95 Å². The monoisotopic (exact) mass is 294 g/mol. The highest BCUT2D eigenvalue weighted by molar-refractivity contribution is 5.30. The zero-order chi connectivity index (χ0) is 14.8. The molecule has 1 saturated carbocycles. The van der Waals surface area contributed by atoms with E-state index in [2.05, 4.69) is 50.5 Å². The minimum Gasteiger partial charge on any atom is -0.341 e. The largest absolute Gasteiger partial charge is 0.341 e. The van der Waals surface area contributed by atoms with Crippen molar-refractivity contribution < 1.29 is 0 Å². The molecule has 2 aliphatic rings. The molecule has 2 heterocycles. The van der Waals surface area contributed by atoms with Gasteiger partial charge in [-0.1, -0.05) is 30.3 Å². The second kappa shape index (κ2) is 6.05. The molecule has 0 bridgehead atoms. The smallest absolute Gasteiger partial charge is 0.225 e. The predicted octanol–water partition coefficient (Wildman–Crippen LogP) is 2.59. The number of hydrogen-bond acceptors (Lipinski definition) is 4. The van der Waals surface area contributed by atoms with Crippen molar-refractivity contribution in [1.29, 1.82) is 0 Å². The fraction of sp³-hybridized carbons (Fsp3) is 0.444. The lowest BCUT2D eigenvalue weighted by Crippen LogP contribution is -2.44. The zero-order valence-electron chi connectivity index (χ0n) is 12.7. The summed E-state index contributed by atoms with van der Waals surface area (Å²) in [6, 6.07) is 14.1. The van der Waals surface area contributed by atoms with Gasteiger partial charge in [0.25, 0.3) is 0 Å². The van der Waals surface area contributed by atoms with Gasteiger partial charge < -0.3 is 10.2 Å². The van der Waals surface area contributed by atoms with Gasteiger partial charge in [-0.25, -0.2) is 9.97 Å². The third kappa shape index (κ3) is 2.97. The van der Waals surface area contributed by atoms with Gasteiger partial charge in [0.1, 0.15) is 0 Å². The average molecular weight is 294 g/mol. The Morgan fingerprint density at radius 1 is 0.955 bits per heavy atom. The highest BCUT2D eigenvalue weighted by Gasteiger charge is 2.39. The minimum atomic E-state index is 0.638. The zero-order valence-corrected chi connectivity index (χ0v) is 12.7. The number of rotatable bonds is 4. The molecule has 1 aromatic carbocycles. The Balaban J connectivity index is 1.27. The molecule has 22 heavy (non-hydrogen) atoms. The van der Waals surface area contributed by atoms with Gasteiger partial charge in [-0.15, -0.1) is 0 Å². The molecule has 1 saturated heterocycles. The van der Waals surface area contributed by atoms with E-state index in [0.29, 0.717) is 12.1 Å². The molecule has 4 nitrogen and oxygen atoms in total. The van der Waals surface area contributed by atoms with E-state index >= 15 is 0 Å². The van der Waals surface area contributed by atoms with Gasteiger partial charge in [0.05, 0.1) is 0 Å². The van der Waals surface area contributed by atoms with Gasteiger partial charge >= 0.3 is 0 Å².